The number of hydrogen-bond acceptors (Lipinski definition) is 4. The summed E-state index contributed by atoms with van der Waals surface area (Å²) in [4.78, 5) is 21.7. The SMILES string of the molecule is CC(=O)NCCCc1ccc(OCCCCCOc2ccc(CCCNC(C)=O)cc2)cc1. The Labute approximate surface area is 198 Å². The van der Waals surface area contributed by atoms with Crippen LogP contribution in [0.4, 0.5) is 0 Å². The van der Waals surface area contributed by atoms with Gasteiger partial charge in [-0.1, -0.05) is 24.3 Å². The number of benzene rings is 2. The van der Waals surface area contributed by atoms with E-state index < -0.39 is 0 Å². The van der Waals surface area contributed by atoms with Gasteiger partial charge in [-0.05, 0) is 80.3 Å². The Morgan fingerprint density at radius 1 is 0.606 bits per heavy atom. The van der Waals surface area contributed by atoms with Gasteiger partial charge in [-0.15, -0.1) is 0 Å². The first-order valence-corrected chi connectivity index (χ1v) is 12.0. The molecule has 2 amide bonds. The molecule has 0 bridgehead atoms. The lowest BCUT2D eigenvalue weighted by molar-refractivity contribution is -0.119. The summed E-state index contributed by atoms with van der Waals surface area (Å²) in [6.45, 7) is 5.91. The van der Waals surface area contributed by atoms with Gasteiger partial charge >= 0.3 is 0 Å². The Hall–Kier alpha value is -3.02. The fourth-order valence-corrected chi connectivity index (χ4v) is 3.38. The lowest BCUT2D eigenvalue weighted by Gasteiger charge is -2.09. The van der Waals surface area contributed by atoms with E-state index in [-0.39, 0.29) is 11.8 Å². The van der Waals surface area contributed by atoms with Crippen LogP contribution >= 0.6 is 0 Å². The second kappa shape index (κ2) is 15.7. The van der Waals surface area contributed by atoms with Crippen LogP contribution in [0, 0.1) is 0 Å². The number of amides is 2. The molecule has 2 aromatic carbocycles. The molecule has 0 spiro atoms. The number of aryl methyl sites for hydroxylation is 2. The summed E-state index contributed by atoms with van der Waals surface area (Å²) in [5, 5.41) is 5.63. The number of carbonyl (C=O) groups excluding carboxylic acids is 2. The van der Waals surface area contributed by atoms with Gasteiger partial charge in [-0.25, -0.2) is 0 Å². The lowest BCUT2D eigenvalue weighted by Crippen LogP contribution is -2.21. The van der Waals surface area contributed by atoms with Crippen molar-refractivity contribution >= 4 is 11.8 Å². The Morgan fingerprint density at radius 3 is 1.36 bits per heavy atom. The molecule has 180 valence electrons. The summed E-state index contributed by atoms with van der Waals surface area (Å²) in [6.07, 6.45) is 6.81. The van der Waals surface area contributed by atoms with E-state index in [0.717, 1.165) is 56.4 Å². The summed E-state index contributed by atoms with van der Waals surface area (Å²) in [6, 6.07) is 16.4. The number of hydrogen-bond donors (Lipinski definition) is 2. The predicted octanol–water partition coefficient (Wildman–Crippen LogP) is 4.45. The third-order valence-corrected chi connectivity index (χ3v) is 5.21. The summed E-state index contributed by atoms with van der Waals surface area (Å²) in [5.74, 6) is 1.83. The van der Waals surface area contributed by atoms with E-state index in [0.29, 0.717) is 26.3 Å². The van der Waals surface area contributed by atoms with Crippen molar-refractivity contribution in [3.05, 3.63) is 59.7 Å². The molecule has 0 aliphatic rings. The van der Waals surface area contributed by atoms with Crippen molar-refractivity contribution in [2.24, 2.45) is 0 Å². The van der Waals surface area contributed by atoms with E-state index in [2.05, 4.69) is 34.9 Å². The standard InChI is InChI=1S/C27H38N2O4/c1-22(30)28-18-6-8-24-10-14-26(15-11-24)32-20-4-3-5-21-33-27-16-12-25(13-17-27)9-7-19-29-23(2)31/h10-17H,3-9,18-21H2,1-2H3,(H,28,30)(H,29,31). The molecule has 0 unspecified atom stereocenters. The predicted molar refractivity (Wildman–Crippen MR) is 132 cm³/mol. The second-order valence-corrected chi connectivity index (χ2v) is 8.22. The number of rotatable bonds is 16. The number of ether oxygens (including phenoxy) is 2. The minimum atomic E-state index is 0.0202. The molecule has 6 nitrogen and oxygen atoms in total. The van der Waals surface area contributed by atoms with Gasteiger partial charge in [0.15, 0.2) is 0 Å². The van der Waals surface area contributed by atoms with Gasteiger partial charge in [0.1, 0.15) is 11.5 Å². The molecule has 0 atom stereocenters. The van der Waals surface area contributed by atoms with Crippen LogP contribution < -0.4 is 20.1 Å². The molecule has 0 fully saturated rings. The molecule has 33 heavy (non-hydrogen) atoms. The zero-order chi connectivity index (χ0) is 23.7. The fourth-order valence-electron chi connectivity index (χ4n) is 3.38. The Bertz CT molecular complexity index is 750. The van der Waals surface area contributed by atoms with Crippen molar-refractivity contribution in [1.82, 2.24) is 10.6 Å². The van der Waals surface area contributed by atoms with Crippen molar-refractivity contribution in [2.45, 2.75) is 58.8 Å². The highest BCUT2D eigenvalue weighted by Crippen LogP contribution is 2.15. The highest BCUT2D eigenvalue weighted by Gasteiger charge is 2.00. The van der Waals surface area contributed by atoms with E-state index in [1.165, 1.54) is 11.1 Å². The maximum atomic E-state index is 10.9. The van der Waals surface area contributed by atoms with Crippen LogP contribution in [0.5, 0.6) is 11.5 Å². The van der Waals surface area contributed by atoms with E-state index in [4.69, 9.17) is 9.47 Å². The molecule has 0 heterocycles. The van der Waals surface area contributed by atoms with Crippen LogP contribution in [0.2, 0.25) is 0 Å². The molecule has 6 heteroatoms. The zero-order valence-corrected chi connectivity index (χ0v) is 20.0. The first-order chi connectivity index (χ1) is 16.0. The van der Waals surface area contributed by atoms with Gasteiger partial charge in [-0.3, -0.25) is 9.59 Å². The minimum absolute atomic E-state index is 0.0202. The average molecular weight is 455 g/mol. The monoisotopic (exact) mass is 454 g/mol. The Balaban J connectivity index is 1.49. The molecule has 0 saturated carbocycles. The third kappa shape index (κ3) is 12.6. The molecular formula is C27H38N2O4. The van der Waals surface area contributed by atoms with Crippen LogP contribution in [-0.2, 0) is 22.4 Å². The molecule has 0 aliphatic carbocycles. The number of nitrogens with one attached hydrogen (secondary N) is 2. The third-order valence-electron chi connectivity index (χ3n) is 5.21. The highest BCUT2D eigenvalue weighted by molar-refractivity contribution is 5.73. The fraction of sp³-hybridized carbons (Fsp3) is 0.481. The largest absolute Gasteiger partial charge is 0.494 e. The smallest absolute Gasteiger partial charge is 0.216 e. The number of carbonyl (C=O) groups is 2. The topological polar surface area (TPSA) is 76.7 Å². The van der Waals surface area contributed by atoms with Crippen molar-refractivity contribution in [1.29, 1.82) is 0 Å². The number of unbranched alkanes of at least 4 members (excludes halogenated alkanes) is 2. The van der Waals surface area contributed by atoms with Crippen LogP contribution in [0.25, 0.3) is 0 Å². The Morgan fingerprint density at radius 2 is 1.00 bits per heavy atom. The van der Waals surface area contributed by atoms with Crippen LogP contribution in [0.3, 0.4) is 0 Å². The van der Waals surface area contributed by atoms with E-state index in [1.807, 2.05) is 24.3 Å². The van der Waals surface area contributed by atoms with Gasteiger partial charge in [-0.2, -0.15) is 0 Å². The Kier molecular flexibility index (Phi) is 12.5. The van der Waals surface area contributed by atoms with Crippen molar-refractivity contribution in [3.8, 4) is 11.5 Å². The van der Waals surface area contributed by atoms with E-state index in [9.17, 15) is 9.59 Å². The summed E-state index contributed by atoms with van der Waals surface area (Å²) >= 11 is 0. The van der Waals surface area contributed by atoms with Crippen LogP contribution in [0.15, 0.2) is 48.5 Å². The van der Waals surface area contributed by atoms with Gasteiger partial charge in [0.05, 0.1) is 13.2 Å². The quantitative estimate of drug-likeness (QED) is 0.367. The van der Waals surface area contributed by atoms with Gasteiger partial charge in [0.2, 0.25) is 11.8 Å². The van der Waals surface area contributed by atoms with E-state index in [1.54, 1.807) is 13.8 Å². The van der Waals surface area contributed by atoms with Crippen LogP contribution in [-0.4, -0.2) is 38.1 Å². The molecule has 2 N–H and O–H groups in total. The summed E-state index contributed by atoms with van der Waals surface area (Å²) in [5.41, 5.74) is 2.51. The first-order valence-electron chi connectivity index (χ1n) is 12.0. The zero-order valence-electron chi connectivity index (χ0n) is 20.0. The highest BCUT2D eigenvalue weighted by atomic mass is 16.5. The minimum Gasteiger partial charge on any atom is -0.494 e. The molecule has 0 radical (unpaired) electrons. The van der Waals surface area contributed by atoms with Gasteiger partial charge in [0.25, 0.3) is 0 Å². The lowest BCUT2D eigenvalue weighted by atomic mass is 10.1. The van der Waals surface area contributed by atoms with Crippen LogP contribution in [0.1, 0.15) is 57.1 Å². The molecule has 0 saturated heterocycles. The first kappa shape index (κ1) is 26.2. The molecule has 2 aromatic rings. The molecule has 2 rings (SSSR count). The summed E-state index contributed by atoms with van der Waals surface area (Å²) < 4.78 is 11.7. The molecule has 0 aliphatic heterocycles. The second-order valence-electron chi connectivity index (χ2n) is 8.22. The van der Waals surface area contributed by atoms with Gasteiger partial charge < -0.3 is 20.1 Å². The van der Waals surface area contributed by atoms with E-state index >= 15 is 0 Å². The molecule has 0 aromatic heterocycles. The normalized spacial score (nSPS) is 10.5. The molecular weight excluding hydrogens is 416 g/mol. The van der Waals surface area contributed by atoms with Crippen molar-refractivity contribution in [2.75, 3.05) is 26.3 Å². The maximum absolute atomic E-state index is 10.9. The maximum Gasteiger partial charge on any atom is 0.216 e. The average Bonchev–Trinajstić information content (AvgIpc) is 2.80. The van der Waals surface area contributed by atoms with Crippen molar-refractivity contribution in [3.63, 3.8) is 0 Å². The van der Waals surface area contributed by atoms with Crippen molar-refractivity contribution < 1.29 is 19.1 Å². The van der Waals surface area contributed by atoms with Gasteiger partial charge in [0, 0.05) is 26.9 Å². The summed E-state index contributed by atoms with van der Waals surface area (Å²) in [7, 11) is 0.